The molecule has 0 radical (unpaired) electrons. The fourth-order valence-electron chi connectivity index (χ4n) is 0.911. The van der Waals surface area contributed by atoms with E-state index < -0.39 is 16.9 Å². The van der Waals surface area contributed by atoms with Crippen LogP contribution in [0.15, 0.2) is 22.5 Å². The summed E-state index contributed by atoms with van der Waals surface area (Å²) < 4.78 is 0. The van der Waals surface area contributed by atoms with E-state index in [1.54, 1.807) is 6.08 Å². The summed E-state index contributed by atoms with van der Waals surface area (Å²) in [5.74, 6) is 0.830. The van der Waals surface area contributed by atoms with Gasteiger partial charge in [-0.25, -0.2) is 4.79 Å². The van der Waals surface area contributed by atoms with Crippen LogP contribution in [0, 0.1) is 0 Å². The number of allylic oxidation sites excluding steroid dienone is 2. The minimum absolute atomic E-state index is 0.543. The Kier molecular flexibility index (Phi) is 3.08. The Bertz CT molecular complexity index is 220. The third-order valence-corrected chi connectivity index (χ3v) is 4.16. The van der Waals surface area contributed by atoms with Crippen LogP contribution in [0.5, 0.6) is 0 Å². The van der Waals surface area contributed by atoms with Crippen molar-refractivity contribution in [2.24, 2.45) is 0 Å². The molecule has 1 N–H and O–H groups in total. The lowest BCUT2D eigenvalue weighted by Crippen LogP contribution is -2.00. The zero-order valence-corrected chi connectivity index (χ0v) is 7.69. The number of aliphatic carboxylic acids is 1. The molecule has 62 valence electrons. The molecule has 1 atom stereocenters. The average Bonchev–Trinajstić information content (AvgIpc) is 2.36. The molecule has 0 amide bonds. The Balaban J connectivity index is 2.61. The van der Waals surface area contributed by atoms with Crippen molar-refractivity contribution in [1.29, 1.82) is 0 Å². The van der Waals surface area contributed by atoms with E-state index in [1.807, 2.05) is 11.5 Å². The van der Waals surface area contributed by atoms with E-state index >= 15 is 0 Å². The van der Waals surface area contributed by atoms with Crippen LogP contribution < -0.4 is 0 Å². The quantitative estimate of drug-likeness (QED) is 0.589. The lowest BCUT2D eigenvalue weighted by molar-refractivity contribution is -0.131. The van der Waals surface area contributed by atoms with Crippen molar-refractivity contribution >= 4 is 29.5 Å². The van der Waals surface area contributed by atoms with Gasteiger partial charge in [-0.15, -0.1) is 0 Å². The third-order valence-electron chi connectivity index (χ3n) is 1.39. The van der Waals surface area contributed by atoms with E-state index in [2.05, 4.69) is 12.6 Å². The molecule has 0 saturated heterocycles. The Morgan fingerprint density at radius 2 is 2.45 bits per heavy atom. The molecule has 2 nitrogen and oxygen atoms in total. The third kappa shape index (κ3) is 2.04. The van der Waals surface area contributed by atoms with Crippen molar-refractivity contribution in [1.82, 2.24) is 0 Å². The summed E-state index contributed by atoms with van der Waals surface area (Å²) in [4.78, 5) is 11.1. The first-order valence-corrected chi connectivity index (χ1v) is 5.48. The van der Waals surface area contributed by atoms with Crippen molar-refractivity contribution in [3.63, 3.8) is 0 Å². The first kappa shape index (κ1) is 8.74. The number of thiol groups is 2. The van der Waals surface area contributed by atoms with Gasteiger partial charge in [-0.2, -0.15) is 23.5 Å². The van der Waals surface area contributed by atoms with Gasteiger partial charge < -0.3 is 5.11 Å². The minimum Gasteiger partial charge on any atom is -0.477 e. The van der Waals surface area contributed by atoms with Crippen molar-refractivity contribution < 1.29 is 9.90 Å². The van der Waals surface area contributed by atoms with Crippen LogP contribution >= 0.6 is 23.5 Å². The summed E-state index contributed by atoms with van der Waals surface area (Å²) in [5, 5.41) is 10.7. The number of rotatable bonds is 3. The van der Waals surface area contributed by atoms with Gasteiger partial charge in [-0.1, -0.05) is 6.08 Å². The maximum Gasteiger partial charge on any atom is 0.340 e. The average molecular weight is 190 g/mol. The van der Waals surface area contributed by atoms with Gasteiger partial charge in [0.2, 0.25) is 0 Å². The van der Waals surface area contributed by atoms with Crippen LogP contribution in [-0.4, -0.2) is 22.6 Å². The van der Waals surface area contributed by atoms with Gasteiger partial charge in [0.1, 0.15) is 0 Å². The lowest BCUT2D eigenvalue weighted by Gasteiger charge is -2.12. The smallest absolute Gasteiger partial charge is 0.340 e. The fourth-order valence-corrected chi connectivity index (χ4v) is 3.14. The fraction of sp³-hybridized carbons (Fsp3) is 0.286. The van der Waals surface area contributed by atoms with Crippen LogP contribution in [0.25, 0.3) is 0 Å². The molecule has 1 heterocycles. The van der Waals surface area contributed by atoms with Crippen LogP contribution in [0.1, 0.15) is 0 Å². The van der Waals surface area contributed by atoms with E-state index in [1.165, 1.54) is 0 Å². The zero-order chi connectivity index (χ0) is 8.27. The second-order valence-corrected chi connectivity index (χ2v) is 4.73. The van der Waals surface area contributed by atoms with E-state index in [9.17, 15) is 4.79 Å². The molecule has 4 heteroatoms. The van der Waals surface area contributed by atoms with E-state index in [-0.39, 0.29) is 0 Å². The molecule has 1 aliphatic heterocycles. The molecule has 1 unspecified atom stereocenters. The molecule has 1 rings (SSSR count). The Hall–Kier alpha value is -0.350. The second kappa shape index (κ2) is 3.88. The number of carboxylic acid groups (broad SMARTS) is 1. The molecule has 0 aromatic rings. The predicted molar refractivity (Wildman–Crippen MR) is 52.6 cm³/mol. The summed E-state index contributed by atoms with van der Waals surface area (Å²) in [6.07, 6.45) is 3.50. The highest BCUT2D eigenvalue weighted by Gasteiger charge is 2.16. The maximum absolute atomic E-state index is 10.6. The Labute approximate surface area is 73.7 Å². The standard InChI is InChI=1S/C7H10O2S2/c8-7(9)6-2-1-4-11(6)5-3-10/h1-2,4,10-11H,3,5H2,(H,8,9). The van der Waals surface area contributed by atoms with Crippen molar-refractivity contribution in [3.05, 3.63) is 22.5 Å². The van der Waals surface area contributed by atoms with Gasteiger partial charge in [0.05, 0.1) is 4.91 Å². The maximum atomic E-state index is 10.6. The molecule has 0 aromatic carbocycles. The normalized spacial score (nSPS) is 25.2. The van der Waals surface area contributed by atoms with E-state index in [4.69, 9.17) is 5.11 Å². The summed E-state index contributed by atoms with van der Waals surface area (Å²) in [6.45, 7) is 0. The number of hydrogen-bond acceptors (Lipinski definition) is 2. The summed E-state index contributed by atoms with van der Waals surface area (Å²) in [7, 11) is -0.543. The molecular weight excluding hydrogens is 180 g/mol. The second-order valence-electron chi connectivity index (χ2n) is 2.12. The van der Waals surface area contributed by atoms with Gasteiger partial charge in [0.15, 0.2) is 0 Å². The summed E-state index contributed by atoms with van der Waals surface area (Å²) in [5.41, 5.74) is 0. The van der Waals surface area contributed by atoms with Crippen LogP contribution in [0.2, 0.25) is 0 Å². The van der Waals surface area contributed by atoms with Gasteiger partial charge in [-0.05, 0) is 23.0 Å². The monoisotopic (exact) mass is 190 g/mol. The number of carboxylic acids is 1. The lowest BCUT2D eigenvalue weighted by atomic mass is 10.5. The largest absolute Gasteiger partial charge is 0.477 e. The Morgan fingerprint density at radius 3 is 3.00 bits per heavy atom. The summed E-state index contributed by atoms with van der Waals surface area (Å²) >= 11 is 4.07. The number of hydrogen-bond donors (Lipinski definition) is 3. The first-order valence-electron chi connectivity index (χ1n) is 3.25. The highest BCUT2D eigenvalue weighted by molar-refractivity contribution is 8.24. The first-order chi connectivity index (χ1) is 5.25. The van der Waals surface area contributed by atoms with Crippen molar-refractivity contribution in [2.75, 3.05) is 11.5 Å². The predicted octanol–water partition coefficient (Wildman–Crippen LogP) is 1.41. The van der Waals surface area contributed by atoms with Gasteiger partial charge in [-0.3, -0.25) is 0 Å². The molecular formula is C7H10O2S2. The highest BCUT2D eigenvalue weighted by Crippen LogP contribution is 2.40. The zero-order valence-electron chi connectivity index (χ0n) is 5.90. The molecule has 0 bridgehead atoms. The van der Waals surface area contributed by atoms with Crippen molar-refractivity contribution in [3.8, 4) is 0 Å². The van der Waals surface area contributed by atoms with Gasteiger partial charge >= 0.3 is 5.97 Å². The van der Waals surface area contributed by atoms with Gasteiger partial charge in [0, 0.05) is 0 Å². The molecule has 0 fully saturated rings. The minimum atomic E-state index is -0.789. The van der Waals surface area contributed by atoms with Gasteiger partial charge in [0.25, 0.3) is 0 Å². The molecule has 11 heavy (non-hydrogen) atoms. The molecule has 0 saturated carbocycles. The topological polar surface area (TPSA) is 37.3 Å². The SMILES string of the molecule is O=C(O)C1=CC=C[SH]1CCS. The van der Waals surface area contributed by atoms with Crippen LogP contribution in [-0.2, 0) is 4.79 Å². The van der Waals surface area contributed by atoms with Crippen LogP contribution in [0.3, 0.4) is 0 Å². The van der Waals surface area contributed by atoms with E-state index in [0.717, 1.165) is 11.5 Å². The molecule has 1 aliphatic rings. The highest BCUT2D eigenvalue weighted by atomic mass is 32.2. The van der Waals surface area contributed by atoms with E-state index in [0.29, 0.717) is 4.91 Å². The van der Waals surface area contributed by atoms with Crippen molar-refractivity contribution in [2.45, 2.75) is 0 Å². The number of carbonyl (C=O) groups is 1. The molecule has 0 aliphatic carbocycles. The van der Waals surface area contributed by atoms with Crippen LogP contribution in [0.4, 0.5) is 0 Å². The molecule has 0 spiro atoms. The summed E-state index contributed by atoms with van der Waals surface area (Å²) in [6, 6.07) is 0. The molecule has 0 aromatic heterocycles. The Morgan fingerprint density at radius 1 is 1.73 bits per heavy atom.